The van der Waals surface area contributed by atoms with E-state index in [0.717, 1.165) is 50.8 Å². The molecule has 29 heavy (non-hydrogen) atoms. The summed E-state index contributed by atoms with van der Waals surface area (Å²) in [6, 6.07) is 18.7. The number of halogens is 2. The van der Waals surface area contributed by atoms with E-state index in [-0.39, 0.29) is 24.0 Å². The van der Waals surface area contributed by atoms with Gasteiger partial charge in [0.05, 0.1) is 0 Å². The number of rotatable bonds is 4. The van der Waals surface area contributed by atoms with E-state index in [0.29, 0.717) is 11.9 Å². The van der Waals surface area contributed by atoms with E-state index in [2.05, 4.69) is 57.2 Å². The Bertz CT molecular complexity index is 791. The van der Waals surface area contributed by atoms with Gasteiger partial charge >= 0.3 is 0 Å². The summed E-state index contributed by atoms with van der Waals surface area (Å²) in [6.07, 6.45) is 1.18. The van der Waals surface area contributed by atoms with Gasteiger partial charge in [-0.05, 0) is 48.7 Å². The first-order chi connectivity index (χ1) is 13.7. The first-order valence-corrected chi connectivity index (χ1v) is 10.4. The smallest absolute Gasteiger partial charge is 0.191 e. The number of nitrogens with zero attached hydrogens (tertiary/aromatic N) is 4. The van der Waals surface area contributed by atoms with E-state index >= 15 is 0 Å². The van der Waals surface area contributed by atoms with Crippen molar-refractivity contribution in [2.24, 2.45) is 16.6 Å². The lowest BCUT2D eigenvalue weighted by Gasteiger charge is -2.36. The van der Waals surface area contributed by atoms with Crippen molar-refractivity contribution in [3.63, 3.8) is 0 Å². The summed E-state index contributed by atoms with van der Waals surface area (Å²) >= 11 is 5.99. The van der Waals surface area contributed by atoms with Crippen molar-refractivity contribution in [1.82, 2.24) is 4.90 Å². The molecule has 156 valence electrons. The topological polar surface area (TPSA) is 48.1 Å². The van der Waals surface area contributed by atoms with Gasteiger partial charge < -0.3 is 20.4 Å². The number of aliphatic imine (C=N–C) groups is 1. The van der Waals surface area contributed by atoms with Crippen LogP contribution in [0.2, 0.25) is 5.02 Å². The minimum absolute atomic E-state index is 0. The normalized spacial score (nSPS) is 20.0. The largest absolute Gasteiger partial charge is 0.371 e. The average molecular weight is 526 g/mol. The number of hydrogen-bond donors (Lipinski definition) is 1. The summed E-state index contributed by atoms with van der Waals surface area (Å²) in [6.45, 7) is 6.67. The third-order valence-electron chi connectivity index (χ3n) is 5.71. The molecule has 0 bridgehead atoms. The molecule has 0 spiro atoms. The van der Waals surface area contributed by atoms with Gasteiger partial charge in [0.25, 0.3) is 0 Å². The summed E-state index contributed by atoms with van der Waals surface area (Å²) < 4.78 is 0. The number of para-hydroxylation sites is 1. The number of nitrogens with two attached hydrogens (primary N) is 1. The number of piperazine rings is 1. The third-order valence-corrected chi connectivity index (χ3v) is 5.97. The molecule has 7 heteroatoms. The lowest BCUT2D eigenvalue weighted by molar-refractivity contribution is 0.379. The third kappa shape index (κ3) is 5.69. The van der Waals surface area contributed by atoms with Gasteiger partial charge in [0.1, 0.15) is 0 Å². The highest BCUT2D eigenvalue weighted by Crippen LogP contribution is 2.24. The molecule has 2 N–H and O–H groups in total. The highest BCUT2D eigenvalue weighted by Gasteiger charge is 2.23. The molecule has 2 heterocycles. The molecule has 0 aliphatic carbocycles. The SMILES string of the molecule is I.NC(=NCC1CCN(c2ccccc2)C1)N1CCN(c2ccc(Cl)cc2)CC1. The van der Waals surface area contributed by atoms with Crippen LogP contribution in [-0.4, -0.2) is 56.7 Å². The summed E-state index contributed by atoms with van der Waals surface area (Å²) in [7, 11) is 0. The van der Waals surface area contributed by atoms with Crippen molar-refractivity contribution in [3.05, 3.63) is 59.6 Å². The minimum atomic E-state index is 0. The van der Waals surface area contributed by atoms with E-state index in [4.69, 9.17) is 22.3 Å². The number of anilines is 2. The summed E-state index contributed by atoms with van der Waals surface area (Å²) in [5, 5.41) is 0.775. The Balaban J connectivity index is 0.00000240. The quantitative estimate of drug-likeness (QED) is 0.373. The van der Waals surface area contributed by atoms with Crippen molar-refractivity contribution in [1.29, 1.82) is 0 Å². The maximum atomic E-state index is 6.30. The van der Waals surface area contributed by atoms with Gasteiger partial charge in [0, 0.05) is 62.2 Å². The van der Waals surface area contributed by atoms with Crippen molar-refractivity contribution in [3.8, 4) is 0 Å². The molecule has 2 aromatic carbocycles. The molecule has 0 radical (unpaired) electrons. The fourth-order valence-electron chi connectivity index (χ4n) is 4.02. The molecular formula is C22H29ClIN5. The molecule has 4 rings (SSSR count). The zero-order valence-electron chi connectivity index (χ0n) is 16.6. The van der Waals surface area contributed by atoms with Crippen molar-refractivity contribution in [2.75, 3.05) is 55.6 Å². The van der Waals surface area contributed by atoms with Gasteiger partial charge in [-0.3, -0.25) is 4.99 Å². The predicted molar refractivity (Wildman–Crippen MR) is 134 cm³/mol. The van der Waals surface area contributed by atoms with E-state index in [1.54, 1.807) is 0 Å². The maximum absolute atomic E-state index is 6.30. The molecule has 0 saturated carbocycles. The molecule has 0 aromatic heterocycles. The highest BCUT2D eigenvalue weighted by molar-refractivity contribution is 14.0. The molecule has 5 nitrogen and oxygen atoms in total. The number of hydrogen-bond acceptors (Lipinski definition) is 3. The van der Waals surface area contributed by atoms with Crippen LogP contribution < -0.4 is 15.5 Å². The van der Waals surface area contributed by atoms with Gasteiger partial charge in [-0.15, -0.1) is 24.0 Å². The van der Waals surface area contributed by atoms with Crippen molar-refractivity contribution in [2.45, 2.75) is 6.42 Å². The zero-order chi connectivity index (χ0) is 19.3. The Kier molecular flexibility index (Phi) is 7.89. The fourth-order valence-corrected chi connectivity index (χ4v) is 4.15. The average Bonchev–Trinajstić information content (AvgIpc) is 3.22. The van der Waals surface area contributed by atoms with E-state index in [1.165, 1.54) is 17.8 Å². The maximum Gasteiger partial charge on any atom is 0.191 e. The minimum Gasteiger partial charge on any atom is -0.371 e. The zero-order valence-corrected chi connectivity index (χ0v) is 19.7. The Morgan fingerprint density at radius 2 is 1.55 bits per heavy atom. The Labute approximate surface area is 195 Å². The van der Waals surface area contributed by atoms with Crippen LogP contribution >= 0.6 is 35.6 Å². The second-order valence-electron chi connectivity index (χ2n) is 7.59. The molecule has 2 saturated heterocycles. The van der Waals surface area contributed by atoms with Crippen LogP contribution in [0.15, 0.2) is 59.6 Å². The summed E-state index contributed by atoms with van der Waals surface area (Å²) in [5.74, 6) is 1.27. The first kappa shape index (κ1) is 22.0. The summed E-state index contributed by atoms with van der Waals surface area (Å²) in [5.41, 5.74) is 8.82. The predicted octanol–water partition coefficient (Wildman–Crippen LogP) is 3.92. The fraction of sp³-hybridized carbons (Fsp3) is 0.409. The van der Waals surface area contributed by atoms with Gasteiger partial charge in [0.15, 0.2) is 5.96 Å². The Morgan fingerprint density at radius 1 is 0.897 bits per heavy atom. The molecule has 1 atom stereocenters. The number of guanidine groups is 1. The Hall–Kier alpha value is -1.67. The van der Waals surface area contributed by atoms with Crippen LogP contribution in [0.25, 0.3) is 0 Å². The van der Waals surface area contributed by atoms with Gasteiger partial charge in [-0.25, -0.2) is 0 Å². The Morgan fingerprint density at radius 3 is 2.24 bits per heavy atom. The van der Waals surface area contributed by atoms with Crippen LogP contribution in [0.4, 0.5) is 11.4 Å². The van der Waals surface area contributed by atoms with Crippen LogP contribution in [0.1, 0.15) is 6.42 Å². The van der Waals surface area contributed by atoms with Crippen LogP contribution in [0, 0.1) is 5.92 Å². The number of benzene rings is 2. The van der Waals surface area contributed by atoms with Crippen LogP contribution in [-0.2, 0) is 0 Å². The second-order valence-corrected chi connectivity index (χ2v) is 8.02. The van der Waals surface area contributed by atoms with Crippen molar-refractivity contribution >= 4 is 52.9 Å². The van der Waals surface area contributed by atoms with Gasteiger partial charge in [-0.2, -0.15) is 0 Å². The van der Waals surface area contributed by atoms with E-state index < -0.39 is 0 Å². The highest BCUT2D eigenvalue weighted by atomic mass is 127. The molecule has 1 unspecified atom stereocenters. The lowest BCUT2D eigenvalue weighted by Crippen LogP contribution is -2.51. The second kappa shape index (κ2) is 10.4. The van der Waals surface area contributed by atoms with Gasteiger partial charge in [-0.1, -0.05) is 29.8 Å². The standard InChI is InChI=1S/C22H28ClN5.HI/c23-19-6-8-21(9-7-19)26-12-14-27(15-13-26)22(24)25-16-18-10-11-28(17-18)20-4-2-1-3-5-20;/h1-9,18H,10-17H2,(H2,24,25);1H. The van der Waals surface area contributed by atoms with Crippen molar-refractivity contribution < 1.29 is 0 Å². The molecule has 2 aliphatic heterocycles. The van der Waals surface area contributed by atoms with E-state index in [1.807, 2.05) is 12.1 Å². The van der Waals surface area contributed by atoms with Crippen LogP contribution in [0.3, 0.4) is 0 Å². The van der Waals surface area contributed by atoms with Gasteiger partial charge in [0.2, 0.25) is 0 Å². The molecular weight excluding hydrogens is 497 g/mol. The van der Waals surface area contributed by atoms with E-state index in [9.17, 15) is 0 Å². The summed E-state index contributed by atoms with van der Waals surface area (Å²) in [4.78, 5) is 11.7. The molecule has 2 aromatic rings. The first-order valence-electron chi connectivity index (χ1n) is 10.0. The molecule has 0 amide bonds. The monoisotopic (exact) mass is 525 g/mol. The molecule has 2 aliphatic rings. The lowest BCUT2D eigenvalue weighted by atomic mass is 10.1. The van der Waals surface area contributed by atoms with Crippen LogP contribution in [0.5, 0.6) is 0 Å². The molecule has 2 fully saturated rings.